The third-order valence-corrected chi connectivity index (χ3v) is 4.45. The van der Waals surface area contributed by atoms with Crippen molar-refractivity contribution in [2.75, 3.05) is 13.2 Å². The largest absolute Gasteiger partial charge is 0.492 e. The van der Waals surface area contributed by atoms with E-state index >= 15 is 0 Å². The zero-order chi connectivity index (χ0) is 15.2. The predicted molar refractivity (Wildman–Crippen MR) is 87.4 cm³/mol. The second-order valence-corrected chi connectivity index (χ2v) is 6.22. The van der Waals surface area contributed by atoms with Crippen molar-refractivity contribution < 1.29 is 9.47 Å². The fraction of sp³-hybridized carbons (Fsp3) is 0.625. The summed E-state index contributed by atoms with van der Waals surface area (Å²) in [6.07, 6.45) is 5.68. The molecule has 0 saturated carbocycles. The number of nitrogens with two attached hydrogens (primary N) is 1. The Morgan fingerprint density at radius 1 is 1.33 bits per heavy atom. The predicted octanol–water partition coefficient (Wildman–Crippen LogP) is 4.74. The highest BCUT2D eigenvalue weighted by molar-refractivity contribution is 6.34. The van der Waals surface area contributed by atoms with Gasteiger partial charge in [0.1, 0.15) is 5.75 Å². The molecule has 1 fully saturated rings. The first-order valence-electron chi connectivity index (χ1n) is 7.60. The van der Waals surface area contributed by atoms with Crippen LogP contribution >= 0.6 is 23.2 Å². The first-order chi connectivity index (χ1) is 10.1. The van der Waals surface area contributed by atoms with E-state index in [1.54, 1.807) is 6.07 Å². The molecule has 3 nitrogen and oxygen atoms in total. The van der Waals surface area contributed by atoms with Crippen molar-refractivity contribution in [3.05, 3.63) is 27.7 Å². The second kappa shape index (κ2) is 8.23. The summed E-state index contributed by atoms with van der Waals surface area (Å²) in [5.41, 5.74) is 7.14. The van der Waals surface area contributed by atoms with E-state index in [9.17, 15) is 0 Å². The fourth-order valence-corrected chi connectivity index (χ4v) is 3.17. The number of rotatable bonds is 6. The molecular weight excluding hydrogens is 309 g/mol. The summed E-state index contributed by atoms with van der Waals surface area (Å²) in [6, 6.07) is 3.44. The van der Waals surface area contributed by atoms with Gasteiger partial charge in [-0.15, -0.1) is 0 Å². The lowest BCUT2D eigenvalue weighted by atomic mass is 9.98. The van der Waals surface area contributed by atoms with Gasteiger partial charge in [0.2, 0.25) is 0 Å². The van der Waals surface area contributed by atoms with Gasteiger partial charge in [-0.05, 0) is 50.7 Å². The first kappa shape index (κ1) is 16.9. The number of benzene rings is 1. The van der Waals surface area contributed by atoms with E-state index in [1.807, 2.05) is 13.0 Å². The lowest BCUT2D eigenvalue weighted by molar-refractivity contribution is 0.00912. The van der Waals surface area contributed by atoms with Crippen LogP contribution in [0.1, 0.15) is 50.6 Å². The first-order valence-corrected chi connectivity index (χ1v) is 8.36. The van der Waals surface area contributed by atoms with Crippen molar-refractivity contribution in [3.63, 3.8) is 0 Å². The third kappa shape index (κ3) is 4.75. The second-order valence-electron chi connectivity index (χ2n) is 5.41. The van der Waals surface area contributed by atoms with Crippen molar-refractivity contribution in [1.82, 2.24) is 0 Å². The highest BCUT2D eigenvalue weighted by atomic mass is 35.5. The van der Waals surface area contributed by atoms with Gasteiger partial charge < -0.3 is 15.2 Å². The van der Waals surface area contributed by atoms with Crippen LogP contribution < -0.4 is 10.5 Å². The van der Waals surface area contributed by atoms with Crippen molar-refractivity contribution >= 4 is 23.2 Å². The van der Waals surface area contributed by atoms with Crippen LogP contribution in [0.2, 0.25) is 10.0 Å². The lowest BCUT2D eigenvalue weighted by Gasteiger charge is -2.24. The number of ether oxygens (including phenoxy) is 2. The molecule has 1 aromatic carbocycles. The molecule has 0 amide bonds. The maximum atomic E-state index is 6.30. The summed E-state index contributed by atoms with van der Waals surface area (Å²) in [4.78, 5) is 0. The Morgan fingerprint density at radius 3 is 2.81 bits per heavy atom. The summed E-state index contributed by atoms with van der Waals surface area (Å²) in [7, 11) is 0. The van der Waals surface area contributed by atoms with Gasteiger partial charge in [0.05, 0.1) is 17.7 Å². The Labute approximate surface area is 136 Å². The molecule has 1 aliphatic rings. The Kier molecular flexibility index (Phi) is 6.62. The van der Waals surface area contributed by atoms with Gasteiger partial charge in [-0.25, -0.2) is 0 Å². The Bertz CT molecular complexity index is 462. The lowest BCUT2D eigenvalue weighted by Crippen LogP contribution is -2.21. The van der Waals surface area contributed by atoms with Gasteiger partial charge in [0.25, 0.3) is 0 Å². The van der Waals surface area contributed by atoms with Crippen LogP contribution in [0.4, 0.5) is 0 Å². The molecule has 21 heavy (non-hydrogen) atoms. The molecule has 1 saturated heterocycles. The minimum Gasteiger partial charge on any atom is -0.492 e. The summed E-state index contributed by atoms with van der Waals surface area (Å²) in [5.74, 6) is 0.607. The van der Waals surface area contributed by atoms with Crippen LogP contribution in [-0.4, -0.2) is 19.3 Å². The Balaban J connectivity index is 1.97. The van der Waals surface area contributed by atoms with Gasteiger partial charge in [-0.1, -0.05) is 23.2 Å². The van der Waals surface area contributed by atoms with Crippen LogP contribution in [0.3, 0.4) is 0 Å². The molecule has 0 radical (unpaired) electrons. The van der Waals surface area contributed by atoms with E-state index in [4.69, 9.17) is 38.4 Å². The molecule has 0 bridgehead atoms. The third-order valence-electron chi connectivity index (χ3n) is 3.82. The minimum absolute atomic E-state index is 0.129. The van der Waals surface area contributed by atoms with Crippen LogP contribution in [0.15, 0.2) is 12.1 Å². The van der Waals surface area contributed by atoms with E-state index in [0.717, 1.165) is 31.4 Å². The smallest absolute Gasteiger partial charge is 0.139 e. The molecule has 0 aliphatic carbocycles. The molecule has 2 atom stereocenters. The number of hydrogen-bond donors (Lipinski definition) is 1. The minimum atomic E-state index is -0.129. The fourth-order valence-electron chi connectivity index (χ4n) is 2.65. The van der Waals surface area contributed by atoms with E-state index in [2.05, 4.69) is 0 Å². The SMILES string of the molecule is CCOc1cc(Cl)c(C(N)CCC2CCCCO2)cc1Cl. The van der Waals surface area contributed by atoms with Gasteiger partial charge in [-0.3, -0.25) is 0 Å². The molecular formula is C16H23Cl2NO2. The monoisotopic (exact) mass is 331 g/mol. The molecule has 2 rings (SSSR count). The molecule has 2 N–H and O–H groups in total. The number of halogens is 2. The van der Waals surface area contributed by atoms with Crippen molar-refractivity contribution in [3.8, 4) is 5.75 Å². The van der Waals surface area contributed by atoms with Gasteiger partial charge in [0, 0.05) is 23.7 Å². The van der Waals surface area contributed by atoms with E-state index in [0.29, 0.717) is 28.5 Å². The average molecular weight is 332 g/mol. The average Bonchev–Trinajstić information content (AvgIpc) is 2.49. The zero-order valence-corrected chi connectivity index (χ0v) is 13.9. The van der Waals surface area contributed by atoms with E-state index in [-0.39, 0.29) is 6.04 Å². The molecule has 5 heteroatoms. The highest BCUT2D eigenvalue weighted by Gasteiger charge is 2.18. The van der Waals surface area contributed by atoms with Crippen LogP contribution in [0.25, 0.3) is 0 Å². The summed E-state index contributed by atoms with van der Waals surface area (Å²) >= 11 is 12.5. The topological polar surface area (TPSA) is 44.5 Å². The van der Waals surface area contributed by atoms with Crippen molar-refractivity contribution in [1.29, 1.82) is 0 Å². The quantitative estimate of drug-likeness (QED) is 0.818. The van der Waals surface area contributed by atoms with Crippen LogP contribution in [-0.2, 0) is 4.74 Å². The van der Waals surface area contributed by atoms with Crippen LogP contribution in [0.5, 0.6) is 5.75 Å². The van der Waals surface area contributed by atoms with Gasteiger partial charge in [-0.2, -0.15) is 0 Å². The highest BCUT2D eigenvalue weighted by Crippen LogP contribution is 2.35. The zero-order valence-electron chi connectivity index (χ0n) is 12.4. The standard InChI is InChI=1S/C16H23Cl2NO2/c1-2-20-16-10-13(17)12(9-14(16)18)15(19)7-6-11-5-3-4-8-21-11/h9-11,15H,2-8,19H2,1H3. The molecule has 0 aromatic heterocycles. The van der Waals surface area contributed by atoms with Gasteiger partial charge in [0.15, 0.2) is 0 Å². The summed E-state index contributed by atoms with van der Waals surface area (Å²) in [5, 5.41) is 1.17. The van der Waals surface area contributed by atoms with Crippen molar-refractivity contribution in [2.45, 2.75) is 51.2 Å². The molecule has 2 unspecified atom stereocenters. The van der Waals surface area contributed by atoms with Crippen LogP contribution in [0, 0.1) is 0 Å². The molecule has 1 aromatic rings. The maximum absolute atomic E-state index is 6.30. The molecule has 0 spiro atoms. The number of hydrogen-bond acceptors (Lipinski definition) is 3. The summed E-state index contributed by atoms with van der Waals surface area (Å²) in [6.45, 7) is 3.34. The summed E-state index contributed by atoms with van der Waals surface area (Å²) < 4.78 is 11.2. The Morgan fingerprint density at radius 2 is 2.14 bits per heavy atom. The Hall–Kier alpha value is -0.480. The molecule has 1 heterocycles. The van der Waals surface area contributed by atoms with E-state index in [1.165, 1.54) is 12.8 Å². The normalized spacial score (nSPS) is 20.3. The molecule has 118 valence electrons. The van der Waals surface area contributed by atoms with E-state index < -0.39 is 0 Å². The maximum Gasteiger partial charge on any atom is 0.139 e. The van der Waals surface area contributed by atoms with Gasteiger partial charge >= 0.3 is 0 Å². The molecule has 1 aliphatic heterocycles. The van der Waals surface area contributed by atoms with Crippen molar-refractivity contribution in [2.24, 2.45) is 5.73 Å².